The van der Waals surface area contributed by atoms with Crippen molar-refractivity contribution in [1.82, 2.24) is 9.80 Å². The van der Waals surface area contributed by atoms with Crippen molar-refractivity contribution in [3.05, 3.63) is 36.4 Å². The van der Waals surface area contributed by atoms with Crippen LogP contribution in [0.1, 0.15) is 20.3 Å². The lowest BCUT2D eigenvalue weighted by Gasteiger charge is -2.18. The second-order valence-corrected chi connectivity index (χ2v) is 7.38. The molecule has 0 amide bonds. The smallest absolute Gasteiger partial charge is 0.144 e. The minimum atomic E-state index is 0. The molecule has 0 atom stereocenters. The highest BCUT2D eigenvalue weighted by atomic mass is 16.5. The lowest BCUT2D eigenvalue weighted by Crippen LogP contribution is -2.28. The van der Waals surface area contributed by atoms with Gasteiger partial charge in [-0.05, 0) is 37.1 Å². The monoisotopic (exact) mass is 416 g/mol. The van der Waals surface area contributed by atoms with Gasteiger partial charge in [0, 0.05) is 49.7 Å². The van der Waals surface area contributed by atoms with Crippen molar-refractivity contribution in [2.45, 2.75) is 20.3 Å². The number of benzene rings is 2. The van der Waals surface area contributed by atoms with E-state index in [0.717, 1.165) is 45.7 Å². The molecular formula is C22H36N6O2. The van der Waals surface area contributed by atoms with E-state index in [1.54, 1.807) is 36.4 Å². The van der Waals surface area contributed by atoms with Crippen LogP contribution in [0.3, 0.4) is 0 Å². The molecule has 1 saturated heterocycles. The molecule has 0 saturated carbocycles. The maximum atomic E-state index is 5.90. The average Bonchev–Trinajstić information content (AvgIpc) is 3.15. The van der Waals surface area contributed by atoms with Gasteiger partial charge >= 0.3 is 0 Å². The Morgan fingerprint density at radius 1 is 0.700 bits per heavy atom. The largest absolute Gasteiger partial charge is 0.491 e. The van der Waals surface area contributed by atoms with Gasteiger partial charge in [0.05, 0.1) is 31.3 Å². The number of nitrogens with two attached hydrogens (primary N) is 4. The molecule has 1 aliphatic heterocycles. The molecule has 166 valence electrons. The number of anilines is 4. The van der Waals surface area contributed by atoms with E-state index in [-0.39, 0.29) is 7.43 Å². The fourth-order valence-corrected chi connectivity index (χ4v) is 3.36. The molecule has 2 aromatic rings. The van der Waals surface area contributed by atoms with Gasteiger partial charge in [0.1, 0.15) is 11.5 Å². The molecule has 1 fully saturated rings. The van der Waals surface area contributed by atoms with Crippen LogP contribution in [0, 0.1) is 0 Å². The molecule has 1 heterocycles. The van der Waals surface area contributed by atoms with Crippen LogP contribution < -0.4 is 32.4 Å². The lowest BCUT2D eigenvalue weighted by molar-refractivity contribution is 0.211. The van der Waals surface area contributed by atoms with E-state index in [9.17, 15) is 0 Å². The highest BCUT2D eigenvalue weighted by Crippen LogP contribution is 2.25. The molecule has 0 spiro atoms. The Bertz CT molecular complexity index is 736. The standard InChI is InChI=1S/C21H32N6O2.CH4/c22-16-3-5-18(24)20(13-16)28-11-1-7-26-9-10-27(15-26)8-2-12-29-21-14-17(23)4-6-19(21)25;/h3-6,13-14H,1-2,7-12,15,22-25H2;1H4. The predicted octanol–water partition coefficient (Wildman–Crippen LogP) is 2.46. The number of nitrogens with zero attached hydrogens (tertiary/aromatic N) is 2. The summed E-state index contributed by atoms with van der Waals surface area (Å²) in [5, 5.41) is 0. The minimum absolute atomic E-state index is 0. The fourth-order valence-electron chi connectivity index (χ4n) is 3.36. The van der Waals surface area contributed by atoms with Crippen LogP contribution in [-0.4, -0.2) is 55.9 Å². The molecular weight excluding hydrogens is 380 g/mol. The highest BCUT2D eigenvalue weighted by Gasteiger charge is 2.18. The van der Waals surface area contributed by atoms with Crippen LogP contribution >= 0.6 is 0 Å². The normalized spacial score (nSPS) is 14.4. The van der Waals surface area contributed by atoms with Crippen molar-refractivity contribution >= 4 is 22.7 Å². The quantitative estimate of drug-likeness (QED) is 0.343. The topological polar surface area (TPSA) is 129 Å². The SMILES string of the molecule is C.Nc1ccc(N)c(OCCCN2CCN(CCCOc3cc(N)ccc3N)C2)c1. The minimum Gasteiger partial charge on any atom is -0.491 e. The number of nitrogen functional groups attached to an aromatic ring is 4. The highest BCUT2D eigenvalue weighted by molar-refractivity contribution is 5.60. The number of ether oxygens (including phenoxy) is 2. The van der Waals surface area contributed by atoms with Gasteiger partial charge < -0.3 is 32.4 Å². The van der Waals surface area contributed by atoms with Gasteiger partial charge in [0.25, 0.3) is 0 Å². The van der Waals surface area contributed by atoms with Crippen LogP contribution in [0.2, 0.25) is 0 Å². The molecule has 8 nitrogen and oxygen atoms in total. The van der Waals surface area contributed by atoms with E-state index < -0.39 is 0 Å². The third-order valence-electron chi connectivity index (χ3n) is 4.96. The van der Waals surface area contributed by atoms with Gasteiger partial charge in [0.15, 0.2) is 0 Å². The Hall–Kier alpha value is -2.84. The molecule has 0 bridgehead atoms. The first-order valence-electron chi connectivity index (χ1n) is 10.0. The van der Waals surface area contributed by atoms with Gasteiger partial charge in [-0.15, -0.1) is 0 Å². The van der Waals surface area contributed by atoms with Crippen molar-refractivity contribution in [3.63, 3.8) is 0 Å². The predicted molar refractivity (Wildman–Crippen MR) is 126 cm³/mol. The van der Waals surface area contributed by atoms with Crippen molar-refractivity contribution in [2.24, 2.45) is 0 Å². The van der Waals surface area contributed by atoms with Gasteiger partial charge in [0.2, 0.25) is 0 Å². The zero-order chi connectivity index (χ0) is 20.6. The van der Waals surface area contributed by atoms with E-state index in [1.165, 1.54) is 0 Å². The molecule has 0 unspecified atom stereocenters. The third kappa shape index (κ3) is 6.89. The Morgan fingerprint density at radius 3 is 1.57 bits per heavy atom. The summed E-state index contributed by atoms with van der Waals surface area (Å²) >= 11 is 0. The maximum Gasteiger partial charge on any atom is 0.144 e. The van der Waals surface area contributed by atoms with Crippen molar-refractivity contribution in [1.29, 1.82) is 0 Å². The maximum absolute atomic E-state index is 5.90. The molecule has 8 heteroatoms. The lowest BCUT2D eigenvalue weighted by atomic mass is 10.2. The average molecular weight is 417 g/mol. The summed E-state index contributed by atoms with van der Waals surface area (Å²) in [6, 6.07) is 10.6. The van der Waals surface area contributed by atoms with Gasteiger partial charge in [-0.2, -0.15) is 0 Å². The van der Waals surface area contributed by atoms with Crippen LogP contribution in [-0.2, 0) is 0 Å². The van der Waals surface area contributed by atoms with Gasteiger partial charge in [-0.3, -0.25) is 9.80 Å². The number of hydrogen-bond acceptors (Lipinski definition) is 8. The van der Waals surface area contributed by atoms with Crippen molar-refractivity contribution in [2.75, 3.05) is 69.0 Å². The van der Waals surface area contributed by atoms with E-state index in [4.69, 9.17) is 32.4 Å². The summed E-state index contributed by atoms with van der Waals surface area (Å²) < 4.78 is 11.5. The first kappa shape index (κ1) is 23.4. The first-order valence-corrected chi connectivity index (χ1v) is 10.0. The Labute approximate surface area is 179 Å². The van der Waals surface area contributed by atoms with E-state index in [1.807, 2.05) is 0 Å². The van der Waals surface area contributed by atoms with Crippen LogP contribution in [0.25, 0.3) is 0 Å². The number of rotatable bonds is 10. The molecule has 0 aliphatic carbocycles. The molecule has 3 rings (SSSR count). The summed E-state index contributed by atoms with van der Waals surface area (Å²) in [6.45, 7) is 6.36. The summed E-state index contributed by atoms with van der Waals surface area (Å²) in [5.41, 5.74) is 25.9. The van der Waals surface area contributed by atoms with E-state index in [0.29, 0.717) is 47.5 Å². The second-order valence-electron chi connectivity index (χ2n) is 7.38. The van der Waals surface area contributed by atoms with Gasteiger partial charge in [-0.1, -0.05) is 7.43 Å². The molecule has 2 aromatic carbocycles. The summed E-state index contributed by atoms with van der Waals surface area (Å²) in [5.74, 6) is 1.32. The van der Waals surface area contributed by atoms with Crippen LogP contribution in [0.15, 0.2) is 36.4 Å². The zero-order valence-electron chi connectivity index (χ0n) is 16.8. The molecule has 8 N–H and O–H groups in total. The second kappa shape index (κ2) is 11.4. The molecule has 30 heavy (non-hydrogen) atoms. The first-order chi connectivity index (χ1) is 14.0. The Balaban J connectivity index is 0.00000320. The van der Waals surface area contributed by atoms with Crippen molar-refractivity contribution in [3.8, 4) is 11.5 Å². The van der Waals surface area contributed by atoms with E-state index >= 15 is 0 Å². The fraction of sp³-hybridized carbons (Fsp3) is 0.455. The van der Waals surface area contributed by atoms with Crippen LogP contribution in [0.5, 0.6) is 11.5 Å². The summed E-state index contributed by atoms with van der Waals surface area (Å²) in [6.07, 6.45) is 1.89. The molecule has 0 radical (unpaired) electrons. The van der Waals surface area contributed by atoms with Crippen molar-refractivity contribution < 1.29 is 9.47 Å². The molecule has 1 aliphatic rings. The van der Waals surface area contributed by atoms with Crippen LogP contribution in [0.4, 0.5) is 22.7 Å². The third-order valence-corrected chi connectivity index (χ3v) is 4.96. The summed E-state index contributed by atoms with van der Waals surface area (Å²) in [7, 11) is 0. The zero-order valence-corrected chi connectivity index (χ0v) is 16.8. The molecule has 0 aromatic heterocycles. The Morgan fingerprint density at radius 2 is 1.13 bits per heavy atom. The number of hydrogen-bond donors (Lipinski definition) is 4. The summed E-state index contributed by atoms with van der Waals surface area (Å²) in [4.78, 5) is 4.87. The Kier molecular flexibility index (Phi) is 8.89. The van der Waals surface area contributed by atoms with E-state index in [2.05, 4.69) is 9.80 Å². The van der Waals surface area contributed by atoms with Gasteiger partial charge in [-0.25, -0.2) is 0 Å².